The SMILES string of the molecule is CC1(C)[C@@H](O[C@H]2O[C@H](C(=O)O)[C@@H](O)[C@H](O)[C@H]2O[C@@H]2O[C@H](C(=O)O)[C@@H](O)[C@H](O)[C@H]2O)CC[C@]2(C)[C@H]3C(=O)C=C4[C@@H]5C[C@@](C)(C(=O)O)CC[C@]5(C)CC[C@@]4(C)[C@]3(C)CC[C@@H]12.Cc1[nH]c(=O)[nH]c(=O)c1O. The van der Waals surface area contributed by atoms with Crippen LogP contribution in [0, 0.1) is 57.2 Å². The predicted octanol–water partition coefficient (Wildman–Crippen LogP) is 1.32. The number of aromatic hydroxyl groups is 1. The number of aryl methyl sites for hydroxylation is 1. The third-order valence-electron chi connectivity index (χ3n) is 18.3. The molecule has 0 aromatic carbocycles. The van der Waals surface area contributed by atoms with E-state index in [-0.39, 0.29) is 40.1 Å². The van der Waals surface area contributed by atoms with E-state index in [2.05, 4.69) is 32.7 Å². The minimum atomic E-state index is -2.05. The van der Waals surface area contributed by atoms with Gasteiger partial charge < -0.3 is 69.9 Å². The summed E-state index contributed by atoms with van der Waals surface area (Å²) in [7, 11) is 0. The number of hydrogen-bond acceptors (Lipinski definition) is 16. The number of fused-ring (bicyclic) bond motifs is 7. The van der Waals surface area contributed by atoms with E-state index in [0.717, 1.165) is 37.7 Å². The molecule has 1 aromatic rings. The number of aliphatic carboxylic acids is 3. The van der Waals surface area contributed by atoms with Gasteiger partial charge >= 0.3 is 23.6 Å². The maximum absolute atomic E-state index is 14.8. The van der Waals surface area contributed by atoms with Gasteiger partial charge in [-0.15, -0.1) is 0 Å². The molecule has 3 heterocycles. The standard InChI is InChI=1S/C42H62O16.C5H6N2O3/c1-37(2)21-8-11-42(7)31(20(43)16-18-19-17-39(4,36(53)54)13-12-38(19,3)14-15-41(18,42)6)40(21,5)10-9-22(37)55-35-30(26(47)25(46)29(57-35)33(51)52)58-34-27(48)23(44)24(45)28(56-34)32(49)50;1-2-3(8)4(9)7-5(10)6-2/h16,19,21-31,34-35,44-48H,8-15,17H2,1-7H3,(H,49,50)(H,51,52)(H,53,54);8H,1H3,(H2,6,7,9,10)/t19-,21-,22-,23-,24-,25-,26-,27+,28-,29-,30+,31+,34-,35-,38+,39-,40-,41+,42+;/m0./s1. The summed E-state index contributed by atoms with van der Waals surface area (Å²) in [5.41, 5.74) is -3.01. The monoisotopic (exact) mass is 964 g/mol. The number of hydrogen-bond donors (Lipinski definition) is 11. The molecule has 8 rings (SSSR count). The number of carboxylic acid groups (broad SMARTS) is 3. The zero-order chi connectivity index (χ0) is 50.6. The molecule has 0 unspecified atom stereocenters. The fourth-order valence-electron chi connectivity index (χ4n) is 14.0. The molecule has 4 saturated carbocycles. The van der Waals surface area contributed by atoms with Gasteiger partial charge in [-0.1, -0.05) is 47.1 Å². The Balaban J connectivity index is 0.000000608. The van der Waals surface area contributed by atoms with Crippen molar-refractivity contribution in [2.75, 3.05) is 0 Å². The van der Waals surface area contributed by atoms with Crippen LogP contribution in [-0.4, -0.2) is 147 Å². The summed E-state index contributed by atoms with van der Waals surface area (Å²) in [4.78, 5) is 76.4. The minimum Gasteiger partial charge on any atom is -0.502 e. The van der Waals surface area contributed by atoms with Crippen LogP contribution in [0.3, 0.4) is 0 Å². The molecule has 0 spiro atoms. The molecule has 11 N–H and O–H groups in total. The molecular formula is C47H68N2O19. The molecule has 19 atom stereocenters. The van der Waals surface area contributed by atoms with E-state index in [4.69, 9.17) is 24.1 Å². The number of aromatic amines is 2. The lowest BCUT2D eigenvalue weighted by Crippen LogP contribution is -2.68. The Morgan fingerprint density at radius 2 is 1.29 bits per heavy atom. The van der Waals surface area contributed by atoms with Crippen LogP contribution in [0.2, 0.25) is 0 Å². The number of aliphatic hydroxyl groups is 5. The van der Waals surface area contributed by atoms with Crippen molar-refractivity contribution in [2.24, 2.45) is 50.2 Å². The van der Waals surface area contributed by atoms with Crippen molar-refractivity contribution in [3.8, 4) is 5.75 Å². The van der Waals surface area contributed by atoms with Gasteiger partial charge in [0.05, 0.1) is 17.2 Å². The van der Waals surface area contributed by atoms with Gasteiger partial charge in [0.15, 0.2) is 30.6 Å². The fourth-order valence-corrected chi connectivity index (χ4v) is 14.0. The highest BCUT2D eigenvalue weighted by Gasteiger charge is 2.71. The zero-order valence-electron chi connectivity index (χ0n) is 39.6. The zero-order valence-corrected chi connectivity index (χ0v) is 39.6. The first-order valence-corrected chi connectivity index (χ1v) is 23.4. The highest BCUT2D eigenvalue weighted by molar-refractivity contribution is 5.95. The Labute approximate surface area is 391 Å². The Hall–Kier alpha value is -4.06. The molecule has 2 saturated heterocycles. The number of carbonyl (C=O) groups is 4. The quantitative estimate of drug-likeness (QED) is 0.172. The van der Waals surface area contributed by atoms with Crippen LogP contribution in [0.25, 0.3) is 0 Å². The van der Waals surface area contributed by atoms with Crippen LogP contribution in [0.1, 0.15) is 112 Å². The highest BCUT2D eigenvalue weighted by atomic mass is 16.8. The summed E-state index contributed by atoms with van der Waals surface area (Å²) in [5.74, 6) is -4.91. The first-order chi connectivity index (χ1) is 31.4. The van der Waals surface area contributed by atoms with Gasteiger partial charge in [-0.3, -0.25) is 19.4 Å². The van der Waals surface area contributed by atoms with Crippen LogP contribution in [0.5, 0.6) is 5.75 Å². The molecule has 0 bridgehead atoms. The van der Waals surface area contributed by atoms with E-state index in [0.29, 0.717) is 25.7 Å². The average molecular weight is 965 g/mol. The Morgan fingerprint density at radius 1 is 0.706 bits per heavy atom. The lowest BCUT2D eigenvalue weighted by atomic mass is 9.33. The van der Waals surface area contributed by atoms with Crippen molar-refractivity contribution in [3.63, 3.8) is 0 Å². The topological polar surface area (TPSA) is 353 Å². The number of carboxylic acids is 3. The molecule has 6 fully saturated rings. The van der Waals surface area contributed by atoms with E-state index < -0.39 is 124 Å². The summed E-state index contributed by atoms with van der Waals surface area (Å²) in [5, 5.41) is 91.8. The number of carbonyl (C=O) groups excluding carboxylic acids is 1. The minimum absolute atomic E-state index is 0.0217. The first kappa shape index (κ1) is 51.8. The molecule has 0 radical (unpaired) electrons. The molecule has 7 aliphatic rings. The summed E-state index contributed by atoms with van der Waals surface area (Å²) < 4.78 is 23.4. The third-order valence-corrected chi connectivity index (χ3v) is 18.3. The molecule has 21 nitrogen and oxygen atoms in total. The number of allylic oxidation sites excluding steroid dienone is 2. The van der Waals surface area contributed by atoms with E-state index in [1.807, 2.05) is 31.8 Å². The number of nitrogens with one attached hydrogen (secondary N) is 2. The fraction of sp³-hybridized carbons (Fsp3) is 0.787. The molecule has 1 aromatic heterocycles. The number of ketones is 1. The van der Waals surface area contributed by atoms with E-state index in [9.17, 15) is 69.6 Å². The maximum Gasteiger partial charge on any atom is 0.335 e. The Bertz CT molecular complexity index is 2330. The number of aromatic nitrogens is 2. The summed E-state index contributed by atoms with van der Waals surface area (Å²) in [6.45, 7) is 16.3. The molecule has 2 aliphatic heterocycles. The van der Waals surface area contributed by atoms with Crippen LogP contribution in [0.4, 0.5) is 0 Å². The lowest BCUT2D eigenvalue weighted by molar-refractivity contribution is -0.371. The maximum atomic E-state index is 14.8. The van der Waals surface area contributed by atoms with Gasteiger partial charge in [0.2, 0.25) is 5.75 Å². The van der Waals surface area contributed by atoms with Gasteiger partial charge in [-0.05, 0) is 117 Å². The van der Waals surface area contributed by atoms with Gasteiger partial charge in [0, 0.05) is 5.92 Å². The summed E-state index contributed by atoms with van der Waals surface area (Å²) in [6.07, 6.45) is -12.2. The van der Waals surface area contributed by atoms with Crippen molar-refractivity contribution < 1.29 is 84.1 Å². The number of aliphatic hydroxyl groups excluding tert-OH is 5. The average Bonchev–Trinajstić information content (AvgIpc) is 3.24. The molecule has 21 heteroatoms. The first-order valence-electron chi connectivity index (χ1n) is 23.4. The molecule has 380 valence electrons. The molecule has 68 heavy (non-hydrogen) atoms. The van der Waals surface area contributed by atoms with Crippen molar-refractivity contribution in [1.82, 2.24) is 9.97 Å². The van der Waals surface area contributed by atoms with Crippen molar-refractivity contribution in [3.05, 3.63) is 38.2 Å². The number of H-pyrrole nitrogens is 2. The predicted molar refractivity (Wildman–Crippen MR) is 234 cm³/mol. The normalized spacial score (nSPS) is 46.2. The molecule has 5 aliphatic carbocycles. The second-order valence-electron chi connectivity index (χ2n) is 22.5. The van der Waals surface area contributed by atoms with Crippen molar-refractivity contribution in [2.45, 2.75) is 181 Å². The summed E-state index contributed by atoms with van der Waals surface area (Å²) in [6, 6.07) is 0. The van der Waals surface area contributed by atoms with Gasteiger partial charge in [0.1, 0.15) is 36.6 Å². The van der Waals surface area contributed by atoms with E-state index in [1.54, 1.807) is 0 Å². The van der Waals surface area contributed by atoms with Gasteiger partial charge in [-0.2, -0.15) is 0 Å². The largest absolute Gasteiger partial charge is 0.502 e. The van der Waals surface area contributed by atoms with Crippen LogP contribution in [-0.2, 0) is 38.1 Å². The smallest absolute Gasteiger partial charge is 0.335 e. The van der Waals surface area contributed by atoms with Crippen molar-refractivity contribution in [1.29, 1.82) is 0 Å². The Kier molecular flexibility index (Phi) is 13.4. The second kappa shape index (κ2) is 17.7. The van der Waals surface area contributed by atoms with E-state index >= 15 is 0 Å². The lowest BCUT2D eigenvalue weighted by Gasteiger charge is -2.70. The molecular weight excluding hydrogens is 897 g/mol. The number of rotatable bonds is 7. The van der Waals surface area contributed by atoms with Crippen LogP contribution >= 0.6 is 0 Å². The van der Waals surface area contributed by atoms with Crippen LogP contribution in [0.15, 0.2) is 21.2 Å². The Morgan fingerprint density at radius 3 is 1.88 bits per heavy atom. The highest BCUT2D eigenvalue weighted by Crippen LogP contribution is 2.75. The van der Waals surface area contributed by atoms with Gasteiger partial charge in [-0.25, -0.2) is 14.4 Å². The number of ether oxygens (including phenoxy) is 4. The summed E-state index contributed by atoms with van der Waals surface area (Å²) >= 11 is 0. The second-order valence-corrected chi connectivity index (χ2v) is 22.5. The van der Waals surface area contributed by atoms with Crippen LogP contribution < -0.4 is 11.2 Å². The van der Waals surface area contributed by atoms with Crippen molar-refractivity contribution >= 4 is 23.7 Å². The third kappa shape index (κ3) is 8.16. The molecule has 0 amide bonds. The van der Waals surface area contributed by atoms with Gasteiger partial charge in [0.25, 0.3) is 5.56 Å². The van der Waals surface area contributed by atoms with E-state index in [1.165, 1.54) is 6.92 Å².